The molecule has 1 atom stereocenters. The van der Waals surface area contributed by atoms with Gasteiger partial charge in [-0.05, 0) is 53.9 Å². The molecular formula is C26H28N2O3. The van der Waals surface area contributed by atoms with Gasteiger partial charge in [-0.2, -0.15) is 0 Å². The first-order chi connectivity index (χ1) is 15.4. The Morgan fingerprint density at radius 2 is 1.65 bits per heavy atom. The molecule has 0 bridgehead atoms. The van der Waals surface area contributed by atoms with Gasteiger partial charge in [0.05, 0.1) is 6.04 Å². The average molecular weight is 417 g/mol. The zero-order valence-electron chi connectivity index (χ0n) is 17.6. The molecule has 1 N–H and O–H groups in total. The smallest absolute Gasteiger partial charge is 0.231 e. The highest BCUT2D eigenvalue weighted by molar-refractivity contribution is 5.47. The molecule has 160 valence electrons. The first kappa shape index (κ1) is 19.9. The third-order valence-corrected chi connectivity index (χ3v) is 5.90. The molecule has 1 fully saturated rings. The van der Waals surface area contributed by atoms with Gasteiger partial charge >= 0.3 is 0 Å². The molecule has 0 spiro atoms. The lowest BCUT2D eigenvalue weighted by atomic mass is 9.96. The molecule has 1 saturated heterocycles. The Bertz CT molecular complexity index is 983. The molecule has 5 heteroatoms. The molecule has 0 saturated carbocycles. The quantitative estimate of drug-likeness (QED) is 0.646. The summed E-state index contributed by atoms with van der Waals surface area (Å²) in [6.07, 6.45) is 1.14. The van der Waals surface area contributed by atoms with Crippen LogP contribution in [-0.2, 0) is 6.61 Å². The molecule has 0 aromatic heterocycles. The van der Waals surface area contributed by atoms with Crippen molar-refractivity contribution in [3.05, 3.63) is 89.5 Å². The van der Waals surface area contributed by atoms with E-state index in [2.05, 4.69) is 58.7 Å². The van der Waals surface area contributed by atoms with Crippen molar-refractivity contribution < 1.29 is 14.2 Å². The summed E-state index contributed by atoms with van der Waals surface area (Å²) in [4.78, 5) is 2.55. The topological polar surface area (TPSA) is 43.0 Å². The molecule has 3 aromatic rings. The van der Waals surface area contributed by atoms with Gasteiger partial charge in [0.25, 0.3) is 0 Å². The molecule has 5 rings (SSSR count). The van der Waals surface area contributed by atoms with Crippen LogP contribution in [0.4, 0.5) is 0 Å². The van der Waals surface area contributed by atoms with Crippen molar-refractivity contribution >= 4 is 0 Å². The Hall–Kier alpha value is -3.02. The van der Waals surface area contributed by atoms with Gasteiger partial charge in [-0.15, -0.1) is 0 Å². The van der Waals surface area contributed by atoms with E-state index in [-0.39, 0.29) is 6.04 Å². The van der Waals surface area contributed by atoms with Crippen LogP contribution in [0.15, 0.2) is 72.8 Å². The van der Waals surface area contributed by atoms with Crippen molar-refractivity contribution in [1.29, 1.82) is 0 Å². The van der Waals surface area contributed by atoms with E-state index in [1.807, 2.05) is 24.3 Å². The lowest BCUT2D eigenvalue weighted by Crippen LogP contribution is -2.33. The van der Waals surface area contributed by atoms with Crippen LogP contribution in [-0.4, -0.2) is 37.9 Å². The Morgan fingerprint density at radius 3 is 2.52 bits per heavy atom. The number of hydrogen-bond donors (Lipinski definition) is 1. The standard InChI is InChI=1S/C26H28N2O3/c1-2-5-20(6-3-1)18-29-23-10-7-21(8-11-23)26(28-15-4-13-27-14-16-28)22-9-12-24-25(17-22)31-19-30-24/h1-3,5-12,17,26-27H,4,13-16,18-19H2. The number of rotatable bonds is 6. The minimum Gasteiger partial charge on any atom is -0.489 e. The highest BCUT2D eigenvalue weighted by Gasteiger charge is 2.25. The summed E-state index contributed by atoms with van der Waals surface area (Å²) >= 11 is 0. The van der Waals surface area contributed by atoms with Gasteiger partial charge in [-0.3, -0.25) is 4.90 Å². The highest BCUT2D eigenvalue weighted by Crippen LogP contribution is 2.38. The van der Waals surface area contributed by atoms with Crippen LogP contribution >= 0.6 is 0 Å². The second-order valence-electron chi connectivity index (χ2n) is 8.00. The summed E-state index contributed by atoms with van der Waals surface area (Å²) in [6, 6.07) is 25.3. The van der Waals surface area contributed by atoms with Crippen molar-refractivity contribution in [2.45, 2.75) is 19.1 Å². The van der Waals surface area contributed by atoms with E-state index >= 15 is 0 Å². The van der Waals surface area contributed by atoms with Crippen molar-refractivity contribution in [1.82, 2.24) is 10.2 Å². The van der Waals surface area contributed by atoms with Crippen LogP contribution < -0.4 is 19.5 Å². The zero-order chi connectivity index (χ0) is 20.9. The van der Waals surface area contributed by atoms with Crippen LogP contribution in [0, 0.1) is 0 Å². The molecule has 0 aliphatic carbocycles. The monoisotopic (exact) mass is 416 g/mol. The van der Waals surface area contributed by atoms with E-state index < -0.39 is 0 Å². The summed E-state index contributed by atoms with van der Waals surface area (Å²) in [5, 5.41) is 3.51. The van der Waals surface area contributed by atoms with Crippen LogP contribution in [0.5, 0.6) is 17.2 Å². The predicted octanol–water partition coefficient (Wildman–Crippen LogP) is 4.38. The fraction of sp³-hybridized carbons (Fsp3) is 0.308. The first-order valence-corrected chi connectivity index (χ1v) is 11.0. The molecule has 5 nitrogen and oxygen atoms in total. The Labute approximate surface area is 183 Å². The average Bonchev–Trinajstić information content (AvgIpc) is 3.13. The van der Waals surface area contributed by atoms with E-state index in [1.54, 1.807) is 0 Å². The summed E-state index contributed by atoms with van der Waals surface area (Å²) in [5.74, 6) is 2.54. The summed E-state index contributed by atoms with van der Waals surface area (Å²) in [7, 11) is 0. The normalized spacial score (nSPS) is 17.2. The van der Waals surface area contributed by atoms with E-state index in [1.165, 1.54) is 16.7 Å². The molecule has 2 aliphatic rings. The molecular weight excluding hydrogens is 388 g/mol. The second kappa shape index (κ2) is 9.41. The van der Waals surface area contributed by atoms with Gasteiger partial charge in [-0.25, -0.2) is 0 Å². The van der Waals surface area contributed by atoms with Crippen molar-refractivity contribution in [2.75, 3.05) is 33.0 Å². The zero-order valence-corrected chi connectivity index (χ0v) is 17.6. The lowest BCUT2D eigenvalue weighted by molar-refractivity contribution is 0.173. The Morgan fingerprint density at radius 1 is 0.839 bits per heavy atom. The number of hydrogen-bond acceptors (Lipinski definition) is 5. The maximum atomic E-state index is 6.00. The number of fused-ring (bicyclic) bond motifs is 1. The Balaban J connectivity index is 1.39. The molecule has 1 unspecified atom stereocenters. The second-order valence-corrected chi connectivity index (χ2v) is 8.00. The van der Waals surface area contributed by atoms with Crippen molar-refractivity contribution in [3.63, 3.8) is 0 Å². The van der Waals surface area contributed by atoms with Crippen LogP contribution in [0.25, 0.3) is 0 Å². The van der Waals surface area contributed by atoms with Gasteiger partial charge < -0.3 is 19.5 Å². The van der Waals surface area contributed by atoms with Gasteiger partial charge in [0, 0.05) is 19.6 Å². The van der Waals surface area contributed by atoms with Gasteiger partial charge in [0.2, 0.25) is 6.79 Å². The summed E-state index contributed by atoms with van der Waals surface area (Å²) in [5.41, 5.74) is 3.65. The van der Waals surface area contributed by atoms with E-state index in [0.717, 1.165) is 49.8 Å². The molecule has 3 aromatic carbocycles. The summed E-state index contributed by atoms with van der Waals surface area (Å²) in [6.45, 7) is 4.99. The summed E-state index contributed by atoms with van der Waals surface area (Å²) < 4.78 is 17.2. The number of ether oxygens (including phenoxy) is 3. The number of benzene rings is 3. The number of nitrogens with one attached hydrogen (secondary N) is 1. The fourth-order valence-electron chi connectivity index (χ4n) is 4.31. The maximum absolute atomic E-state index is 6.00. The minimum atomic E-state index is 0.164. The van der Waals surface area contributed by atoms with Gasteiger partial charge in [0.1, 0.15) is 12.4 Å². The third kappa shape index (κ3) is 4.68. The molecule has 31 heavy (non-hydrogen) atoms. The third-order valence-electron chi connectivity index (χ3n) is 5.90. The van der Waals surface area contributed by atoms with Crippen LogP contribution in [0.2, 0.25) is 0 Å². The minimum absolute atomic E-state index is 0.164. The highest BCUT2D eigenvalue weighted by atomic mass is 16.7. The van der Waals surface area contributed by atoms with E-state index in [9.17, 15) is 0 Å². The fourth-order valence-corrected chi connectivity index (χ4v) is 4.31. The lowest BCUT2D eigenvalue weighted by Gasteiger charge is -2.31. The van der Waals surface area contributed by atoms with Gasteiger partial charge in [0.15, 0.2) is 11.5 Å². The number of nitrogens with zero attached hydrogens (tertiary/aromatic N) is 1. The molecule has 2 aliphatic heterocycles. The molecule has 2 heterocycles. The molecule has 0 radical (unpaired) electrons. The van der Waals surface area contributed by atoms with E-state index in [0.29, 0.717) is 13.4 Å². The van der Waals surface area contributed by atoms with Crippen molar-refractivity contribution in [2.24, 2.45) is 0 Å². The van der Waals surface area contributed by atoms with Gasteiger partial charge in [-0.1, -0.05) is 48.5 Å². The van der Waals surface area contributed by atoms with E-state index in [4.69, 9.17) is 14.2 Å². The van der Waals surface area contributed by atoms with Crippen molar-refractivity contribution in [3.8, 4) is 17.2 Å². The Kier molecular flexibility index (Phi) is 6.05. The SMILES string of the molecule is c1ccc(COc2ccc(C(c3ccc4c(c3)OCO4)N3CCCNCC3)cc2)cc1. The predicted molar refractivity (Wildman–Crippen MR) is 121 cm³/mol. The van der Waals surface area contributed by atoms with Crippen LogP contribution in [0.3, 0.4) is 0 Å². The first-order valence-electron chi connectivity index (χ1n) is 11.0. The van der Waals surface area contributed by atoms with Crippen LogP contribution in [0.1, 0.15) is 29.2 Å². The maximum Gasteiger partial charge on any atom is 0.231 e. The largest absolute Gasteiger partial charge is 0.489 e. The molecule has 0 amide bonds.